The van der Waals surface area contributed by atoms with Crippen molar-refractivity contribution in [3.05, 3.63) is 46.9 Å². The molecule has 0 spiro atoms. The molecule has 0 radical (unpaired) electrons. The summed E-state index contributed by atoms with van der Waals surface area (Å²) in [5.41, 5.74) is 1.64. The molecule has 2 N–H and O–H groups in total. The van der Waals surface area contributed by atoms with Gasteiger partial charge in [-0.05, 0) is 17.7 Å². The van der Waals surface area contributed by atoms with Gasteiger partial charge < -0.3 is 25.0 Å². The SMILES string of the molecule is COC(CN1CC2=C(C1=O)[C@@H](c1ccc(F)cc1)NC(=O)N2)OC. The van der Waals surface area contributed by atoms with Gasteiger partial charge in [0.2, 0.25) is 0 Å². The van der Waals surface area contributed by atoms with Crippen LogP contribution in [0.2, 0.25) is 0 Å². The van der Waals surface area contributed by atoms with E-state index >= 15 is 0 Å². The van der Waals surface area contributed by atoms with Crippen LogP contribution in [0.4, 0.5) is 9.18 Å². The van der Waals surface area contributed by atoms with Crippen LogP contribution in [-0.4, -0.2) is 50.4 Å². The monoisotopic (exact) mass is 335 g/mol. The summed E-state index contributed by atoms with van der Waals surface area (Å²) in [4.78, 5) is 26.2. The minimum absolute atomic E-state index is 0.217. The number of rotatable bonds is 5. The second kappa shape index (κ2) is 6.58. The summed E-state index contributed by atoms with van der Waals surface area (Å²) in [6.07, 6.45) is -0.553. The molecule has 0 saturated carbocycles. The summed E-state index contributed by atoms with van der Waals surface area (Å²) < 4.78 is 23.4. The second-order valence-electron chi connectivity index (χ2n) is 5.56. The maximum Gasteiger partial charge on any atom is 0.319 e. The highest BCUT2D eigenvalue weighted by molar-refractivity contribution is 6.01. The molecule has 24 heavy (non-hydrogen) atoms. The zero-order valence-electron chi connectivity index (χ0n) is 13.3. The standard InChI is InChI=1S/C16H18FN3O4/c1-23-12(24-2)8-20-7-11-13(15(20)21)14(19-16(22)18-11)9-3-5-10(17)6-4-9/h3-6,12,14H,7-8H2,1-2H3,(H2,18,19,22)/t14-/m1/s1. The Labute approximate surface area is 138 Å². The van der Waals surface area contributed by atoms with E-state index in [0.29, 0.717) is 16.8 Å². The lowest BCUT2D eigenvalue weighted by Gasteiger charge is -2.25. The summed E-state index contributed by atoms with van der Waals surface area (Å²) in [5.74, 6) is -0.596. The zero-order chi connectivity index (χ0) is 17.3. The van der Waals surface area contributed by atoms with Crippen LogP contribution in [0.15, 0.2) is 35.5 Å². The van der Waals surface area contributed by atoms with Crippen LogP contribution in [0.25, 0.3) is 0 Å². The Morgan fingerprint density at radius 3 is 2.54 bits per heavy atom. The third-order valence-corrected chi connectivity index (χ3v) is 4.12. The number of hydrogen-bond donors (Lipinski definition) is 2. The first-order chi connectivity index (χ1) is 11.5. The van der Waals surface area contributed by atoms with Gasteiger partial charge >= 0.3 is 6.03 Å². The Morgan fingerprint density at radius 1 is 1.25 bits per heavy atom. The van der Waals surface area contributed by atoms with E-state index in [1.165, 1.54) is 26.4 Å². The molecular weight excluding hydrogens is 317 g/mol. The summed E-state index contributed by atoms with van der Waals surface area (Å²) in [6, 6.07) is 4.70. The van der Waals surface area contributed by atoms with Gasteiger partial charge in [-0.2, -0.15) is 0 Å². The molecule has 0 saturated heterocycles. The van der Waals surface area contributed by atoms with Crippen LogP contribution < -0.4 is 10.6 Å². The molecule has 0 fully saturated rings. The molecule has 3 rings (SSSR count). The molecule has 2 aliphatic rings. The molecule has 7 nitrogen and oxygen atoms in total. The van der Waals surface area contributed by atoms with Crippen LogP contribution >= 0.6 is 0 Å². The fourth-order valence-electron chi connectivity index (χ4n) is 2.91. The third kappa shape index (κ3) is 2.98. The van der Waals surface area contributed by atoms with E-state index in [1.807, 2.05) is 0 Å². The summed E-state index contributed by atoms with van der Waals surface area (Å²) in [7, 11) is 2.99. The van der Waals surface area contributed by atoms with Gasteiger partial charge in [0.25, 0.3) is 5.91 Å². The Hall–Kier alpha value is -2.45. The Balaban J connectivity index is 1.87. The number of urea groups is 1. The van der Waals surface area contributed by atoms with E-state index in [2.05, 4.69) is 10.6 Å². The van der Waals surface area contributed by atoms with Crippen LogP contribution in [0.5, 0.6) is 0 Å². The van der Waals surface area contributed by atoms with Crippen molar-refractivity contribution in [2.75, 3.05) is 27.3 Å². The van der Waals surface area contributed by atoms with Crippen molar-refractivity contribution < 1.29 is 23.5 Å². The van der Waals surface area contributed by atoms with E-state index in [0.717, 1.165) is 0 Å². The Bertz CT molecular complexity index is 685. The van der Waals surface area contributed by atoms with Gasteiger partial charge in [-0.3, -0.25) is 4.79 Å². The highest BCUT2D eigenvalue weighted by Gasteiger charge is 2.40. The third-order valence-electron chi connectivity index (χ3n) is 4.12. The Morgan fingerprint density at radius 2 is 1.92 bits per heavy atom. The molecule has 0 unspecified atom stereocenters. The highest BCUT2D eigenvalue weighted by atomic mass is 19.1. The van der Waals surface area contributed by atoms with Crippen molar-refractivity contribution in [1.82, 2.24) is 15.5 Å². The van der Waals surface area contributed by atoms with Gasteiger partial charge in [0.05, 0.1) is 30.4 Å². The van der Waals surface area contributed by atoms with Crippen LogP contribution in [0, 0.1) is 5.82 Å². The molecule has 128 valence electrons. The predicted molar refractivity (Wildman–Crippen MR) is 82.2 cm³/mol. The lowest BCUT2D eigenvalue weighted by Crippen LogP contribution is -2.44. The molecule has 0 aromatic heterocycles. The van der Waals surface area contributed by atoms with Crippen LogP contribution in [0.1, 0.15) is 11.6 Å². The number of carbonyl (C=O) groups is 2. The van der Waals surface area contributed by atoms with Gasteiger partial charge in [0.15, 0.2) is 6.29 Å². The van der Waals surface area contributed by atoms with Crippen LogP contribution in [0.3, 0.4) is 0 Å². The van der Waals surface area contributed by atoms with E-state index in [4.69, 9.17) is 9.47 Å². The quantitative estimate of drug-likeness (QED) is 0.784. The maximum atomic E-state index is 13.1. The highest BCUT2D eigenvalue weighted by Crippen LogP contribution is 2.32. The summed E-state index contributed by atoms with van der Waals surface area (Å²) in [6.45, 7) is 0.507. The first kappa shape index (κ1) is 16.4. The topological polar surface area (TPSA) is 79.9 Å². The molecule has 1 aromatic rings. The van der Waals surface area contributed by atoms with Crippen molar-refractivity contribution in [1.29, 1.82) is 0 Å². The van der Waals surface area contributed by atoms with Crippen molar-refractivity contribution >= 4 is 11.9 Å². The molecule has 8 heteroatoms. The van der Waals surface area contributed by atoms with E-state index in [-0.39, 0.29) is 24.8 Å². The number of ether oxygens (including phenoxy) is 2. The average Bonchev–Trinajstić information content (AvgIpc) is 2.88. The number of nitrogens with one attached hydrogen (secondary N) is 2. The number of benzene rings is 1. The molecule has 2 aliphatic heterocycles. The number of hydrogen-bond acceptors (Lipinski definition) is 4. The van der Waals surface area contributed by atoms with Gasteiger partial charge in [-0.15, -0.1) is 0 Å². The first-order valence-electron chi connectivity index (χ1n) is 7.44. The van der Waals surface area contributed by atoms with Gasteiger partial charge in [0.1, 0.15) is 5.82 Å². The molecule has 3 amide bonds. The lowest BCUT2D eigenvalue weighted by molar-refractivity contribution is -0.140. The molecule has 0 bridgehead atoms. The average molecular weight is 335 g/mol. The van der Waals surface area contributed by atoms with Crippen molar-refractivity contribution in [3.63, 3.8) is 0 Å². The predicted octanol–water partition coefficient (Wildman–Crippen LogP) is 0.895. The second-order valence-corrected chi connectivity index (χ2v) is 5.56. The number of methoxy groups -OCH3 is 2. The number of carbonyl (C=O) groups excluding carboxylic acids is 2. The lowest BCUT2D eigenvalue weighted by atomic mass is 9.96. The molecular formula is C16H18FN3O4. The fraction of sp³-hybridized carbons (Fsp3) is 0.375. The number of nitrogens with zero attached hydrogens (tertiary/aromatic N) is 1. The van der Waals surface area contributed by atoms with E-state index in [9.17, 15) is 14.0 Å². The zero-order valence-corrected chi connectivity index (χ0v) is 13.3. The van der Waals surface area contributed by atoms with Gasteiger partial charge in [-0.25, -0.2) is 9.18 Å². The normalized spacial score (nSPS) is 20.3. The number of amides is 3. The van der Waals surface area contributed by atoms with E-state index < -0.39 is 18.4 Å². The van der Waals surface area contributed by atoms with Crippen molar-refractivity contribution in [2.24, 2.45) is 0 Å². The largest absolute Gasteiger partial charge is 0.354 e. The maximum absolute atomic E-state index is 13.1. The van der Waals surface area contributed by atoms with Crippen LogP contribution in [-0.2, 0) is 14.3 Å². The minimum Gasteiger partial charge on any atom is -0.354 e. The Kier molecular flexibility index (Phi) is 4.50. The van der Waals surface area contributed by atoms with Crippen molar-refractivity contribution in [2.45, 2.75) is 12.3 Å². The molecule has 1 aromatic carbocycles. The van der Waals surface area contributed by atoms with E-state index in [1.54, 1.807) is 17.0 Å². The van der Waals surface area contributed by atoms with Gasteiger partial charge in [0, 0.05) is 14.2 Å². The smallest absolute Gasteiger partial charge is 0.319 e. The summed E-state index contributed by atoms with van der Waals surface area (Å²) in [5, 5.41) is 5.39. The van der Waals surface area contributed by atoms with Crippen molar-refractivity contribution in [3.8, 4) is 0 Å². The van der Waals surface area contributed by atoms with Gasteiger partial charge in [-0.1, -0.05) is 12.1 Å². The molecule has 2 heterocycles. The first-order valence-corrected chi connectivity index (χ1v) is 7.44. The minimum atomic E-state index is -0.615. The summed E-state index contributed by atoms with van der Waals surface area (Å²) >= 11 is 0. The molecule has 1 atom stereocenters. The molecule has 0 aliphatic carbocycles. The number of halogens is 1. The fourth-order valence-corrected chi connectivity index (χ4v) is 2.91.